The number of allylic oxidation sites excluding steroid dienone is 11. The predicted molar refractivity (Wildman–Crippen MR) is 105 cm³/mol. The molecule has 0 spiro atoms. The molecule has 0 unspecified atom stereocenters. The van der Waals surface area contributed by atoms with Crippen molar-refractivity contribution in [2.75, 3.05) is 0 Å². The quantitative estimate of drug-likeness (QED) is 0.223. The molecule has 0 fully saturated rings. The van der Waals surface area contributed by atoms with Crippen LogP contribution in [0.1, 0.15) is 58.3 Å². The summed E-state index contributed by atoms with van der Waals surface area (Å²) in [6.45, 7) is 2.25. The molecule has 24 heavy (non-hydrogen) atoms. The van der Waals surface area contributed by atoms with E-state index in [4.69, 9.17) is 5.11 Å². The first-order valence-corrected chi connectivity index (χ1v) is 9.00. The van der Waals surface area contributed by atoms with Crippen molar-refractivity contribution in [1.82, 2.24) is 0 Å². The summed E-state index contributed by atoms with van der Waals surface area (Å²) in [4.78, 5) is 10.2. The summed E-state index contributed by atoms with van der Waals surface area (Å²) in [6.07, 6.45) is 32.7. The van der Waals surface area contributed by atoms with Crippen LogP contribution in [0.5, 0.6) is 0 Å². The van der Waals surface area contributed by atoms with Gasteiger partial charge in [-0.3, -0.25) is 0 Å². The second kappa shape index (κ2) is 19.0. The standard InChI is InChI=1S/C22H32O2/c1-2-3-4-5-6-7-8-9-10-11-12-13-14-15-16-17-18-19-20-21-22(23)24/h10-21H,2-9H2,1H3,(H,23,24)/b11-10-,13-12-,15-14-,17-16-,19-18+,21-20?. The van der Waals surface area contributed by atoms with Gasteiger partial charge in [0.15, 0.2) is 0 Å². The zero-order valence-corrected chi connectivity index (χ0v) is 14.9. The van der Waals surface area contributed by atoms with E-state index in [-0.39, 0.29) is 0 Å². The lowest BCUT2D eigenvalue weighted by Gasteiger charge is -1.98. The lowest BCUT2D eigenvalue weighted by atomic mass is 10.1. The summed E-state index contributed by atoms with van der Waals surface area (Å²) < 4.78 is 0. The summed E-state index contributed by atoms with van der Waals surface area (Å²) in [7, 11) is 0. The molecule has 132 valence electrons. The van der Waals surface area contributed by atoms with E-state index >= 15 is 0 Å². The zero-order valence-electron chi connectivity index (χ0n) is 14.9. The molecule has 0 aliphatic carbocycles. The van der Waals surface area contributed by atoms with Gasteiger partial charge in [0.1, 0.15) is 0 Å². The van der Waals surface area contributed by atoms with Gasteiger partial charge in [0.2, 0.25) is 0 Å². The summed E-state index contributed by atoms with van der Waals surface area (Å²) in [5, 5.41) is 8.39. The van der Waals surface area contributed by atoms with Crippen LogP contribution in [0, 0.1) is 0 Å². The first-order chi connectivity index (χ1) is 11.8. The highest BCUT2D eigenvalue weighted by Gasteiger charge is 1.88. The Balaban J connectivity index is 3.57. The minimum atomic E-state index is -0.936. The van der Waals surface area contributed by atoms with Crippen LogP contribution in [-0.4, -0.2) is 11.1 Å². The molecule has 0 saturated heterocycles. The zero-order chi connectivity index (χ0) is 17.7. The average Bonchev–Trinajstić information content (AvgIpc) is 2.56. The van der Waals surface area contributed by atoms with Crippen molar-refractivity contribution in [1.29, 1.82) is 0 Å². The number of unbranched alkanes of at least 4 members (excludes halogenated alkanes) is 7. The maximum Gasteiger partial charge on any atom is 0.328 e. The van der Waals surface area contributed by atoms with E-state index < -0.39 is 5.97 Å². The van der Waals surface area contributed by atoms with Crippen LogP contribution in [0.3, 0.4) is 0 Å². The van der Waals surface area contributed by atoms with Gasteiger partial charge in [0.05, 0.1) is 0 Å². The Hall–Kier alpha value is -2.09. The van der Waals surface area contributed by atoms with Crippen LogP contribution < -0.4 is 0 Å². The Morgan fingerprint density at radius 3 is 1.67 bits per heavy atom. The van der Waals surface area contributed by atoms with Gasteiger partial charge in [-0.15, -0.1) is 0 Å². The van der Waals surface area contributed by atoms with E-state index in [1.54, 1.807) is 12.2 Å². The number of hydrogen-bond acceptors (Lipinski definition) is 1. The van der Waals surface area contributed by atoms with E-state index in [9.17, 15) is 4.79 Å². The molecule has 0 bridgehead atoms. The van der Waals surface area contributed by atoms with Gasteiger partial charge in [-0.05, 0) is 12.8 Å². The Kier molecular flexibility index (Phi) is 17.3. The Labute approximate surface area is 147 Å². The molecule has 2 nitrogen and oxygen atoms in total. The van der Waals surface area contributed by atoms with Crippen LogP contribution in [0.2, 0.25) is 0 Å². The first kappa shape index (κ1) is 21.9. The summed E-state index contributed by atoms with van der Waals surface area (Å²) in [5.41, 5.74) is 0. The molecule has 0 aromatic heterocycles. The van der Waals surface area contributed by atoms with Crippen LogP contribution in [0.15, 0.2) is 72.9 Å². The summed E-state index contributed by atoms with van der Waals surface area (Å²) in [5.74, 6) is -0.936. The monoisotopic (exact) mass is 328 g/mol. The summed E-state index contributed by atoms with van der Waals surface area (Å²) >= 11 is 0. The number of carboxylic acids is 1. The minimum Gasteiger partial charge on any atom is -0.478 e. The molecule has 0 heterocycles. The van der Waals surface area contributed by atoms with E-state index in [1.165, 1.54) is 51.0 Å². The Morgan fingerprint density at radius 1 is 0.667 bits per heavy atom. The molecule has 0 atom stereocenters. The maximum absolute atomic E-state index is 10.2. The van der Waals surface area contributed by atoms with Gasteiger partial charge in [-0.1, -0.05) is 112 Å². The van der Waals surface area contributed by atoms with Gasteiger partial charge in [-0.2, -0.15) is 0 Å². The van der Waals surface area contributed by atoms with Crippen molar-refractivity contribution in [3.8, 4) is 0 Å². The van der Waals surface area contributed by atoms with Gasteiger partial charge >= 0.3 is 5.97 Å². The highest BCUT2D eigenvalue weighted by molar-refractivity contribution is 5.80. The molecule has 1 N–H and O–H groups in total. The largest absolute Gasteiger partial charge is 0.478 e. The topological polar surface area (TPSA) is 37.3 Å². The molecular weight excluding hydrogens is 296 g/mol. The molecule has 0 aliphatic rings. The molecule has 0 rings (SSSR count). The van der Waals surface area contributed by atoms with Crippen molar-refractivity contribution in [2.45, 2.75) is 58.3 Å². The number of carbonyl (C=O) groups is 1. The van der Waals surface area contributed by atoms with Gasteiger partial charge in [0.25, 0.3) is 0 Å². The van der Waals surface area contributed by atoms with Crippen LogP contribution in [-0.2, 0) is 4.79 Å². The van der Waals surface area contributed by atoms with Crippen molar-refractivity contribution < 1.29 is 9.90 Å². The highest BCUT2D eigenvalue weighted by Crippen LogP contribution is 2.08. The van der Waals surface area contributed by atoms with Gasteiger partial charge in [0, 0.05) is 6.08 Å². The maximum atomic E-state index is 10.2. The lowest BCUT2D eigenvalue weighted by molar-refractivity contribution is -0.131. The number of hydrogen-bond donors (Lipinski definition) is 1. The fourth-order valence-corrected chi connectivity index (χ4v) is 2.05. The van der Waals surface area contributed by atoms with E-state index in [2.05, 4.69) is 19.1 Å². The molecule has 2 heteroatoms. The van der Waals surface area contributed by atoms with E-state index in [1.807, 2.05) is 36.5 Å². The number of aliphatic carboxylic acids is 1. The predicted octanol–water partition coefficient (Wildman–Crippen LogP) is 6.55. The third-order valence-corrected chi connectivity index (χ3v) is 3.35. The third-order valence-electron chi connectivity index (χ3n) is 3.35. The van der Waals surface area contributed by atoms with Crippen molar-refractivity contribution in [3.63, 3.8) is 0 Å². The molecule has 0 saturated carbocycles. The Bertz CT molecular complexity index is 462. The van der Waals surface area contributed by atoms with Gasteiger partial charge in [-0.25, -0.2) is 4.79 Å². The second-order valence-electron chi connectivity index (χ2n) is 5.58. The normalized spacial score (nSPS) is 13.0. The van der Waals surface area contributed by atoms with Crippen LogP contribution in [0.25, 0.3) is 0 Å². The molecule has 0 radical (unpaired) electrons. The molecule has 0 aromatic rings. The second-order valence-corrected chi connectivity index (χ2v) is 5.58. The number of carboxylic acid groups (broad SMARTS) is 1. The average molecular weight is 328 g/mol. The van der Waals surface area contributed by atoms with Crippen molar-refractivity contribution >= 4 is 5.97 Å². The fourth-order valence-electron chi connectivity index (χ4n) is 2.05. The molecule has 0 amide bonds. The van der Waals surface area contributed by atoms with E-state index in [0.717, 1.165) is 12.5 Å². The smallest absolute Gasteiger partial charge is 0.328 e. The van der Waals surface area contributed by atoms with Gasteiger partial charge < -0.3 is 5.11 Å². The Morgan fingerprint density at radius 2 is 1.12 bits per heavy atom. The molecule has 0 aromatic carbocycles. The number of rotatable bonds is 14. The van der Waals surface area contributed by atoms with E-state index in [0.29, 0.717) is 0 Å². The molecule has 0 aliphatic heterocycles. The fraction of sp³-hybridized carbons (Fsp3) is 0.409. The lowest BCUT2D eigenvalue weighted by Crippen LogP contribution is -1.84. The highest BCUT2D eigenvalue weighted by atomic mass is 16.4. The SMILES string of the molecule is CCCCCCCCC\C=C/C=C\C=C/C=C\C=C\C=CC(=O)O. The first-order valence-electron chi connectivity index (χ1n) is 9.00. The third kappa shape index (κ3) is 19.9. The van der Waals surface area contributed by atoms with Crippen molar-refractivity contribution in [3.05, 3.63) is 72.9 Å². The van der Waals surface area contributed by atoms with Crippen LogP contribution in [0.4, 0.5) is 0 Å². The minimum absolute atomic E-state index is 0.936. The molecular formula is C22H32O2. The van der Waals surface area contributed by atoms with Crippen LogP contribution >= 0.6 is 0 Å². The summed E-state index contributed by atoms with van der Waals surface area (Å²) in [6, 6.07) is 0. The van der Waals surface area contributed by atoms with Crippen molar-refractivity contribution in [2.24, 2.45) is 0 Å².